The molecule has 102 valence electrons. The van der Waals surface area contributed by atoms with Crippen LogP contribution in [0.15, 0.2) is 42.5 Å². The quantitative estimate of drug-likeness (QED) is 0.727. The largest absolute Gasteiger partial charge is 0.293 e. The van der Waals surface area contributed by atoms with Gasteiger partial charge in [-0.25, -0.2) is 4.39 Å². The van der Waals surface area contributed by atoms with Gasteiger partial charge in [-0.2, -0.15) is 0 Å². The van der Waals surface area contributed by atoms with E-state index in [-0.39, 0.29) is 17.3 Å². The van der Waals surface area contributed by atoms with Crippen molar-refractivity contribution in [1.82, 2.24) is 0 Å². The van der Waals surface area contributed by atoms with Crippen LogP contribution in [0.4, 0.5) is 4.39 Å². The van der Waals surface area contributed by atoms with Crippen LogP contribution in [0.3, 0.4) is 0 Å². The molecule has 3 heteroatoms. The number of halogens is 2. The molecule has 0 aromatic heterocycles. The monoisotopic (exact) mass is 288 g/mol. The topological polar surface area (TPSA) is 17.1 Å². The minimum atomic E-state index is -0.537. The molecule has 1 aliphatic carbocycles. The van der Waals surface area contributed by atoms with Crippen molar-refractivity contribution in [3.05, 3.63) is 70.0 Å². The second-order valence-corrected chi connectivity index (χ2v) is 5.57. The summed E-state index contributed by atoms with van der Waals surface area (Å²) in [5.41, 5.74) is 2.38. The Morgan fingerprint density at radius 1 is 1.20 bits per heavy atom. The van der Waals surface area contributed by atoms with Crippen LogP contribution in [0.5, 0.6) is 0 Å². The highest BCUT2D eigenvalue weighted by Crippen LogP contribution is 2.34. The lowest BCUT2D eigenvalue weighted by Crippen LogP contribution is -2.19. The predicted molar refractivity (Wildman–Crippen MR) is 77.9 cm³/mol. The first-order valence-corrected chi connectivity index (χ1v) is 7.11. The van der Waals surface area contributed by atoms with Crippen molar-refractivity contribution in [1.29, 1.82) is 0 Å². The Morgan fingerprint density at radius 3 is 2.80 bits per heavy atom. The van der Waals surface area contributed by atoms with Crippen LogP contribution in [-0.2, 0) is 6.42 Å². The standard InChI is InChI=1S/C17H14ClFO/c18-12-8-9-15(16(19)10-12)17(20)14-7-3-5-11-4-1-2-6-13(11)14/h1-2,4,6,8-10,14H,3,5,7H2. The van der Waals surface area contributed by atoms with Crippen molar-refractivity contribution < 1.29 is 9.18 Å². The smallest absolute Gasteiger partial charge is 0.173 e. The van der Waals surface area contributed by atoms with E-state index in [2.05, 4.69) is 0 Å². The number of rotatable bonds is 2. The molecule has 2 aromatic rings. The molecule has 0 radical (unpaired) electrons. The van der Waals surface area contributed by atoms with Gasteiger partial charge in [0.2, 0.25) is 0 Å². The summed E-state index contributed by atoms with van der Waals surface area (Å²) in [5.74, 6) is -0.924. The molecule has 1 atom stereocenters. The van der Waals surface area contributed by atoms with Crippen molar-refractivity contribution in [2.45, 2.75) is 25.2 Å². The third-order valence-electron chi connectivity index (χ3n) is 3.88. The van der Waals surface area contributed by atoms with Gasteiger partial charge >= 0.3 is 0 Å². The lowest BCUT2D eigenvalue weighted by Gasteiger charge is -2.24. The zero-order chi connectivity index (χ0) is 14.1. The average Bonchev–Trinajstić information content (AvgIpc) is 2.46. The molecule has 0 amide bonds. The Morgan fingerprint density at radius 2 is 2.00 bits per heavy atom. The van der Waals surface area contributed by atoms with Gasteiger partial charge in [0.15, 0.2) is 5.78 Å². The minimum absolute atomic E-state index is 0.135. The molecule has 20 heavy (non-hydrogen) atoms. The van der Waals surface area contributed by atoms with Crippen LogP contribution in [0, 0.1) is 5.82 Å². The molecule has 0 spiro atoms. The van der Waals surface area contributed by atoms with E-state index in [1.54, 1.807) is 6.07 Å². The van der Waals surface area contributed by atoms with Crippen molar-refractivity contribution in [2.75, 3.05) is 0 Å². The maximum Gasteiger partial charge on any atom is 0.173 e. The fourth-order valence-electron chi connectivity index (χ4n) is 2.90. The molecule has 2 aromatic carbocycles. The van der Waals surface area contributed by atoms with E-state index in [1.165, 1.54) is 17.7 Å². The van der Waals surface area contributed by atoms with E-state index < -0.39 is 5.82 Å². The van der Waals surface area contributed by atoms with Crippen LogP contribution < -0.4 is 0 Å². The molecule has 0 bridgehead atoms. The number of hydrogen-bond donors (Lipinski definition) is 0. The Kier molecular flexibility index (Phi) is 3.58. The maximum atomic E-state index is 13.9. The zero-order valence-electron chi connectivity index (χ0n) is 10.9. The fraction of sp³-hybridized carbons (Fsp3) is 0.235. The Hall–Kier alpha value is -1.67. The van der Waals surface area contributed by atoms with E-state index >= 15 is 0 Å². The molecule has 3 rings (SSSR count). The number of benzene rings is 2. The van der Waals surface area contributed by atoms with Crippen molar-refractivity contribution in [3.8, 4) is 0 Å². The molecule has 0 heterocycles. The van der Waals surface area contributed by atoms with E-state index in [1.807, 2.05) is 24.3 Å². The summed E-state index contributed by atoms with van der Waals surface area (Å²) < 4.78 is 13.9. The normalized spacial score (nSPS) is 17.6. The molecular formula is C17H14ClFO. The number of Topliss-reactive ketones (excluding diaryl/α,β-unsaturated/α-hetero) is 1. The molecule has 1 aliphatic rings. The SMILES string of the molecule is O=C(c1ccc(Cl)cc1F)C1CCCc2ccccc21. The molecule has 0 fully saturated rings. The van der Waals surface area contributed by atoms with Gasteiger partial charge in [-0.1, -0.05) is 35.9 Å². The highest BCUT2D eigenvalue weighted by atomic mass is 35.5. The van der Waals surface area contributed by atoms with E-state index in [0.717, 1.165) is 24.8 Å². The van der Waals surface area contributed by atoms with Crippen molar-refractivity contribution >= 4 is 17.4 Å². The molecule has 1 unspecified atom stereocenters. The summed E-state index contributed by atoms with van der Waals surface area (Å²) >= 11 is 5.74. The second kappa shape index (κ2) is 5.37. The number of carbonyl (C=O) groups is 1. The average molecular weight is 289 g/mol. The van der Waals surface area contributed by atoms with Gasteiger partial charge in [0.05, 0.1) is 5.56 Å². The van der Waals surface area contributed by atoms with Crippen LogP contribution in [0.2, 0.25) is 5.02 Å². The van der Waals surface area contributed by atoms with E-state index in [0.29, 0.717) is 5.02 Å². The first-order chi connectivity index (χ1) is 9.66. The van der Waals surface area contributed by atoms with Gasteiger partial charge in [0.25, 0.3) is 0 Å². The molecule has 1 nitrogen and oxygen atoms in total. The molecule has 0 saturated heterocycles. The third-order valence-corrected chi connectivity index (χ3v) is 4.12. The fourth-order valence-corrected chi connectivity index (χ4v) is 3.06. The number of fused-ring (bicyclic) bond motifs is 1. The summed E-state index contributed by atoms with van der Waals surface area (Å²) in [6, 6.07) is 12.2. The van der Waals surface area contributed by atoms with E-state index in [9.17, 15) is 9.18 Å². The molecular weight excluding hydrogens is 275 g/mol. The summed E-state index contributed by atoms with van der Waals surface area (Å²) in [6.07, 6.45) is 2.73. The first kappa shape index (κ1) is 13.3. The summed E-state index contributed by atoms with van der Waals surface area (Å²) in [6.45, 7) is 0. The highest BCUT2D eigenvalue weighted by molar-refractivity contribution is 6.30. The minimum Gasteiger partial charge on any atom is -0.293 e. The number of ketones is 1. The van der Waals surface area contributed by atoms with Crippen LogP contribution >= 0.6 is 11.6 Å². The van der Waals surface area contributed by atoms with Crippen LogP contribution in [0.25, 0.3) is 0 Å². The van der Waals surface area contributed by atoms with Gasteiger partial charge in [-0.05, 0) is 48.6 Å². The van der Waals surface area contributed by atoms with Gasteiger partial charge in [-0.15, -0.1) is 0 Å². The summed E-state index contributed by atoms with van der Waals surface area (Å²) in [5, 5.41) is 0.308. The lowest BCUT2D eigenvalue weighted by atomic mass is 9.79. The number of carbonyl (C=O) groups excluding carboxylic acids is 1. The molecule has 0 N–H and O–H groups in total. The van der Waals surface area contributed by atoms with E-state index in [4.69, 9.17) is 11.6 Å². The van der Waals surface area contributed by atoms with Crippen molar-refractivity contribution in [2.24, 2.45) is 0 Å². The van der Waals surface area contributed by atoms with Gasteiger partial charge < -0.3 is 0 Å². The Balaban J connectivity index is 2.00. The lowest BCUT2D eigenvalue weighted by molar-refractivity contribution is 0.0947. The summed E-state index contributed by atoms with van der Waals surface area (Å²) in [4.78, 5) is 12.6. The van der Waals surface area contributed by atoms with Gasteiger partial charge in [0, 0.05) is 10.9 Å². The van der Waals surface area contributed by atoms with Crippen LogP contribution in [0.1, 0.15) is 40.2 Å². The Bertz CT molecular complexity index is 666. The van der Waals surface area contributed by atoms with Crippen molar-refractivity contribution in [3.63, 3.8) is 0 Å². The third kappa shape index (κ3) is 2.36. The Labute approximate surface area is 122 Å². The first-order valence-electron chi connectivity index (χ1n) is 6.74. The molecule has 0 aliphatic heterocycles. The van der Waals surface area contributed by atoms with Gasteiger partial charge in [-0.3, -0.25) is 4.79 Å². The van der Waals surface area contributed by atoms with Gasteiger partial charge in [0.1, 0.15) is 5.82 Å². The predicted octanol–water partition coefficient (Wildman–Crippen LogP) is 4.78. The summed E-state index contributed by atoms with van der Waals surface area (Å²) in [7, 11) is 0. The number of aryl methyl sites for hydroxylation is 1. The zero-order valence-corrected chi connectivity index (χ0v) is 11.7. The maximum absolute atomic E-state index is 13.9. The van der Waals surface area contributed by atoms with Crippen LogP contribution in [-0.4, -0.2) is 5.78 Å². The molecule has 0 saturated carbocycles. The highest BCUT2D eigenvalue weighted by Gasteiger charge is 2.28. The second-order valence-electron chi connectivity index (χ2n) is 5.13. The number of hydrogen-bond acceptors (Lipinski definition) is 1.